The maximum absolute atomic E-state index is 14.5. The molecule has 1 fully saturated rings. The number of carbonyl (C=O) groups is 2. The summed E-state index contributed by atoms with van der Waals surface area (Å²) in [7, 11) is -4.24. The van der Waals surface area contributed by atoms with Crippen molar-refractivity contribution in [1.82, 2.24) is 10.2 Å². The van der Waals surface area contributed by atoms with Crippen LogP contribution in [0.25, 0.3) is 0 Å². The highest BCUT2D eigenvalue weighted by molar-refractivity contribution is 7.92. The van der Waals surface area contributed by atoms with Gasteiger partial charge in [-0.3, -0.25) is 13.9 Å². The Morgan fingerprint density at radius 2 is 1.41 bits per heavy atom. The number of hydrogen-bond donors (Lipinski definition) is 1. The number of sulfonamides is 1. The Kier molecular flexibility index (Phi) is 10.9. The predicted molar refractivity (Wildman–Crippen MR) is 178 cm³/mol. The van der Waals surface area contributed by atoms with Crippen molar-refractivity contribution in [2.24, 2.45) is 0 Å². The van der Waals surface area contributed by atoms with Gasteiger partial charge in [-0.05, 0) is 67.3 Å². The fourth-order valence-corrected chi connectivity index (χ4v) is 7.28. The monoisotopic (exact) mass is 641 g/mol. The van der Waals surface area contributed by atoms with Crippen LogP contribution in [0.15, 0.2) is 114 Å². The molecule has 0 radical (unpaired) electrons. The minimum absolute atomic E-state index is 0.00640. The highest BCUT2D eigenvalue weighted by atomic mass is 32.2. The third-order valence-electron chi connectivity index (χ3n) is 8.42. The number of carbonyl (C=O) groups excluding carboxylic acids is 2. The Balaban J connectivity index is 1.55. The molecule has 0 saturated heterocycles. The first-order valence-corrected chi connectivity index (χ1v) is 17.2. The second-order valence-corrected chi connectivity index (χ2v) is 13.7. The van der Waals surface area contributed by atoms with Crippen LogP contribution in [-0.4, -0.2) is 43.8 Å². The van der Waals surface area contributed by atoms with E-state index in [-0.39, 0.29) is 35.5 Å². The molecule has 5 rings (SSSR count). The predicted octanol–water partition coefficient (Wildman–Crippen LogP) is 6.42. The minimum atomic E-state index is -4.24. The summed E-state index contributed by atoms with van der Waals surface area (Å²) < 4.78 is 43.0. The molecule has 1 aliphatic carbocycles. The summed E-state index contributed by atoms with van der Waals surface area (Å²) in [6, 6.07) is 29.1. The van der Waals surface area contributed by atoms with E-state index < -0.39 is 34.3 Å². The van der Waals surface area contributed by atoms with Gasteiger partial charge in [0.1, 0.15) is 18.4 Å². The molecule has 0 spiro atoms. The molecule has 2 amide bonds. The van der Waals surface area contributed by atoms with E-state index in [0.29, 0.717) is 0 Å². The number of halogens is 1. The van der Waals surface area contributed by atoms with Gasteiger partial charge in [-0.2, -0.15) is 0 Å². The smallest absolute Gasteiger partial charge is 0.264 e. The van der Waals surface area contributed by atoms with Crippen LogP contribution in [0.2, 0.25) is 0 Å². The highest BCUT2D eigenvalue weighted by Gasteiger charge is 2.35. The van der Waals surface area contributed by atoms with E-state index >= 15 is 0 Å². The third-order valence-corrected chi connectivity index (χ3v) is 10.2. The Morgan fingerprint density at radius 3 is 2.04 bits per heavy atom. The molecule has 46 heavy (non-hydrogen) atoms. The molecular formula is C37H40FN3O4S. The Bertz CT molecular complexity index is 1690. The molecule has 9 heteroatoms. The summed E-state index contributed by atoms with van der Waals surface area (Å²) in [6.07, 6.45) is 5.20. The molecular weight excluding hydrogens is 601 g/mol. The lowest BCUT2D eigenvalue weighted by atomic mass is 9.94. The van der Waals surface area contributed by atoms with Crippen molar-refractivity contribution >= 4 is 27.5 Å². The van der Waals surface area contributed by atoms with E-state index in [0.717, 1.165) is 65.2 Å². The van der Waals surface area contributed by atoms with Gasteiger partial charge in [-0.25, -0.2) is 12.8 Å². The van der Waals surface area contributed by atoms with E-state index in [9.17, 15) is 22.4 Å². The number of nitrogens with one attached hydrogen (secondary N) is 1. The van der Waals surface area contributed by atoms with Crippen LogP contribution in [0.4, 0.5) is 10.1 Å². The molecule has 4 aromatic rings. The van der Waals surface area contributed by atoms with Gasteiger partial charge in [0, 0.05) is 19.0 Å². The zero-order valence-electron chi connectivity index (χ0n) is 26.0. The Labute approximate surface area is 271 Å². The van der Waals surface area contributed by atoms with Crippen molar-refractivity contribution in [3.63, 3.8) is 0 Å². The van der Waals surface area contributed by atoms with Crippen LogP contribution in [0.3, 0.4) is 0 Å². The zero-order valence-corrected chi connectivity index (χ0v) is 26.8. The van der Waals surface area contributed by atoms with Crippen molar-refractivity contribution in [3.8, 4) is 0 Å². The number of aryl methyl sites for hydroxylation is 1. The standard InChI is InChI=1S/C37H40FN3O4S/c1-28-17-19-30(20-18-28)26-40(35(25-29-11-5-2-6-12-29)37(43)39-32-13-7-3-8-14-32)36(42)27-41(33-23-21-31(38)22-24-33)46(44,45)34-15-9-4-10-16-34/h2,4-6,9-12,15-24,32,35H,3,7-8,13-14,25-27H2,1H3,(H,39,43)/t35-/m1/s1. The van der Waals surface area contributed by atoms with E-state index in [2.05, 4.69) is 5.32 Å². The molecule has 240 valence electrons. The number of benzene rings is 4. The SMILES string of the molecule is Cc1ccc(CN(C(=O)CN(c2ccc(F)cc2)S(=O)(=O)c2ccccc2)[C@H](Cc2ccccc2)C(=O)NC2CCCCC2)cc1. The molecule has 0 bridgehead atoms. The third kappa shape index (κ3) is 8.40. The fraction of sp³-hybridized carbons (Fsp3) is 0.297. The largest absolute Gasteiger partial charge is 0.352 e. The Hall–Kier alpha value is -4.50. The highest BCUT2D eigenvalue weighted by Crippen LogP contribution is 2.26. The molecule has 0 aromatic heterocycles. The lowest BCUT2D eigenvalue weighted by Gasteiger charge is -2.35. The van der Waals surface area contributed by atoms with Crippen LogP contribution in [0.1, 0.15) is 48.8 Å². The van der Waals surface area contributed by atoms with Gasteiger partial charge in [-0.15, -0.1) is 0 Å². The van der Waals surface area contributed by atoms with E-state index in [1.165, 1.54) is 29.2 Å². The topological polar surface area (TPSA) is 86.8 Å². The van der Waals surface area contributed by atoms with Gasteiger partial charge < -0.3 is 10.2 Å². The van der Waals surface area contributed by atoms with Crippen LogP contribution in [0.5, 0.6) is 0 Å². The van der Waals surface area contributed by atoms with Gasteiger partial charge in [-0.1, -0.05) is 97.6 Å². The quantitative estimate of drug-likeness (QED) is 0.194. The maximum atomic E-state index is 14.5. The van der Waals surface area contributed by atoms with E-state index in [4.69, 9.17) is 0 Å². The number of rotatable bonds is 12. The van der Waals surface area contributed by atoms with Crippen LogP contribution in [0, 0.1) is 12.7 Å². The molecule has 1 N–H and O–H groups in total. The van der Waals surface area contributed by atoms with E-state index in [1.54, 1.807) is 18.2 Å². The zero-order chi connectivity index (χ0) is 32.5. The molecule has 4 aromatic carbocycles. The first-order valence-electron chi connectivity index (χ1n) is 15.7. The first kappa shape index (κ1) is 32.9. The molecule has 0 aliphatic heterocycles. The molecule has 1 aliphatic rings. The molecule has 0 heterocycles. The normalized spacial score (nSPS) is 14.3. The number of anilines is 1. The molecule has 0 unspecified atom stereocenters. The summed E-state index contributed by atoms with van der Waals surface area (Å²) in [6.45, 7) is 1.48. The van der Waals surface area contributed by atoms with Crippen molar-refractivity contribution in [3.05, 3.63) is 132 Å². The number of hydrogen-bond acceptors (Lipinski definition) is 4. The second-order valence-electron chi connectivity index (χ2n) is 11.9. The fourth-order valence-electron chi connectivity index (χ4n) is 5.84. The van der Waals surface area contributed by atoms with Crippen LogP contribution in [-0.2, 0) is 32.6 Å². The summed E-state index contributed by atoms with van der Waals surface area (Å²) in [5, 5.41) is 3.21. The average molecular weight is 642 g/mol. The summed E-state index contributed by atoms with van der Waals surface area (Å²) in [5.41, 5.74) is 2.87. The number of amides is 2. The van der Waals surface area contributed by atoms with Crippen molar-refractivity contribution in [1.29, 1.82) is 0 Å². The molecule has 1 saturated carbocycles. The summed E-state index contributed by atoms with van der Waals surface area (Å²) in [4.78, 5) is 30.2. The maximum Gasteiger partial charge on any atom is 0.264 e. The van der Waals surface area contributed by atoms with Gasteiger partial charge in [0.05, 0.1) is 10.6 Å². The van der Waals surface area contributed by atoms with Gasteiger partial charge in [0.15, 0.2) is 0 Å². The number of nitrogens with zero attached hydrogens (tertiary/aromatic N) is 2. The first-order chi connectivity index (χ1) is 22.2. The van der Waals surface area contributed by atoms with E-state index in [1.807, 2.05) is 61.5 Å². The summed E-state index contributed by atoms with van der Waals surface area (Å²) in [5.74, 6) is -1.35. The van der Waals surface area contributed by atoms with Crippen molar-refractivity contribution in [2.45, 2.75) is 69.0 Å². The minimum Gasteiger partial charge on any atom is -0.352 e. The van der Waals surface area contributed by atoms with Crippen LogP contribution < -0.4 is 9.62 Å². The molecule has 1 atom stereocenters. The summed E-state index contributed by atoms with van der Waals surface area (Å²) >= 11 is 0. The lowest BCUT2D eigenvalue weighted by molar-refractivity contribution is -0.140. The van der Waals surface area contributed by atoms with Crippen molar-refractivity contribution < 1.29 is 22.4 Å². The van der Waals surface area contributed by atoms with Gasteiger partial charge in [0.25, 0.3) is 10.0 Å². The van der Waals surface area contributed by atoms with Crippen LogP contribution >= 0.6 is 0 Å². The van der Waals surface area contributed by atoms with Gasteiger partial charge in [0.2, 0.25) is 11.8 Å². The lowest BCUT2D eigenvalue weighted by Crippen LogP contribution is -2.55. The Morgan fingerprint density at radius 1 is 0.804 bits per heavy atom. The van der Waals surface area contributed by atoms with Gasteiger partial charge >= 0.3 is 0 Å². The van der Waals surface area contributed by atoms with Crippen molar-refractivity contribution in [2.75, 3.05) is 10.8 Å². The average Bonchev–Trinajstić information content (AvgIpc) is 3.07. The molecule has 7 nitrogen and oxygen atoms in total. The second kappa shape index (κ2) is 15.2.